The standard InChI is InChI=1S/C17H19N5O2S/c1-11-7-15(23)20-17(19-11)13-10-22(4-5-24-13)9-12-8-18-21-16(12)14-3-2-6-25-14/h2-3,6-8,13H,4-5,9-10H2,1H3,(H,18,21)(H,19,20,23)/t13-/m0/s1. The summed E-state index contributed by atoms with van der Waals surface area (Å²) in [6.07, 6.45) is 1.66. The number of aromatic amines is 2. The van der Waals surface area contributed by atoms with Crippen LogP contribution in [-0.2, 0) is 11.3 Å². The molecule has 25 heavy (non-hydrogen) atoms. The number of ether oxygens (including phenoxy) is 1. The molecule has 1 aliphatic rings. The minimum atomic E-state index is -0.224. The van der Waals surface area contributed by atoms with Crippen molar-refractivity contribution >= 4 is 11.3 Å². The molecular formula is C17H19N5O2S. The van der Waals surface area contributed by atoms with Crippen LogP contribution in [0.2, 0.25) is 0 Å². The van der Waals surface area contributed by atoms with Gasteiger partial charge in [0, 0.05) is 37.0 Å². The molecule has 3 aromatic heterocycles. The van der Waals surface area contributed by atoms with Crippen molar-refractivity contribution in [3.63, 3.8) is 0 Å². The molecule has 1 atom stereocenters. The summed E-state index contributed by atoms with van der Waals surface area (Å²) in [6, 6.07) is 5.61. The van der Waals surface area contributed by atoms with Crippen molar-refractivity contribution in [1.82, 2.24) is 25.1 Å². The summed E-state index contributed by atoms with van der Waals surface area (Å²) in [7, 11) is 0. The van der Waals surface area contributed by atoms with Crippen LogP contribution < -0.4 is 5.56 Å². The Hall–Kier alpha value is -2.29. The number of thiophene rings is 1. The zero-order valence-corrected chi connectivity index (χ0v) is 14.7. The van der Waals surface area contributed by atoms with Crippen LogP contribution in [0.3, 0.4) is 0 Å². The van der Waals surface area contributed by atoms with Gasteiger partial charge in [-0.15, -0.1) is 11.3 Å². The number of nitrogens with zero attached hydrogens (tertiary/aromatic N) is 3. The van der Waals surface area contributed by atoms with E-state index in [1.807, 2.05) is 19.2 Å². The van der Waals surface area contributed by atoms with Crippen molar-refractivity contribution in [1.29, 1.82) is 0 Å². The number of aromatic nitrogens is 4. The van der Waals surface area contributed by atoms with E-state index in [1.165, 1.54) is 10.9 Å². The van der Waals surface area contributed by atoms with Crippen LogP contribution >= 0.6 is 11.3 Å². The molecule has 4 rings (SSSR count). The third kappa shape index (κ3) is 3.55. The predicted octanol–water partition coefficient (Wildman–Crippen LogP) is 2.10. The summed E-state index contributed by atoms with van der Waals surface area (Å²) in [5.41, 5.74) is 2.79. The maximum absolute atomic E-state index is 11.7. The first-order valence-corrected chi connectivity index (χ1v) is 9.05. The summed E-state index contributed by atoms with van der Waals surface area (Å²) in [6.45, 7) is 4.72. The number of hydrogen-bond donors (Lipinski definition) is 2. The molecule has 130 valence electrons. The van der Waals surface area contributed by atoms with Crippen LogP contribution in [0.5, 0.6) is 0 Å². The molecule has 1 aliphatic heterocycles. The van der Waals surface area contributed by atoms with E-state index in [0.717, 1.165) is 24.3 Å². The van der Waals surface area contributed by atoms with Crippen molar-refractivity contribution in [2.24, 2.45) is 0 Å². The highest BCUT2D eigenvalue weighted by molar-refractivity contribution is 7.13. The number of hydrogen-bond acceptors (Lipinski definition) is 6. The van der Waals surface area contributed by atoms with Gasteiger partial charge in [-0.05, 0) is 18.4 Å². The predicted molar refractivity (Wildman–Crippen MR) is 95.5 cm³/mol. The van der Waals surface area contributed by atoms with Gasteiger partial charge in [0.25, 0.3) is 5.56 Å². The third-order valence-corrected chi connectivity index (χ3v) is 5.11. The number of rotatable bonds is 4. The van der Waals surface area contributed by atoms with Crippen molar-refractivity contribution in [2.45, 2.75) is 19.6 Å². The molecular weight excluding hydrogens is 338 g/mol. The quantitative estimate of drug-likeness (QED) is 0.747. The molecule has 0 unspecified atom stereocenters. The summed E-state index contributed by atoms with van der Waals surface area (Å²) >= 11 is 1.69. The molecule has 8 heteroatoms. The van der Waals surface area contributed by atoms with E-state index < -0.39 is 0 Å². The van der Waals surface area contributed by atoms with Gasteiger partial charge in [-0.3, -0.25) is 14.8 Å². The lowest BCUT2D eigenvalue weighted by atomic mass is 10.1. The zero-order valence-electron chi connectivity index (χ0n) is 13.9. The van der Waals surface area contributed by atoms with E-state index in [-0.39, 0.29) is 11.7 Å². The first-order chi connectivity index (χ1) is 12.2. The zero-order chi connectivity index (χ0) is 17.2. The second-order valence-electron chi connectivity index (χ2n) is 6.11. The van der Waals surface area contributed by atoms with Crippen molar-refractivity contribution in [2.75, 3.05) is 19.7 Å². The summed E-state index contributed by atoms with van der Waals surface area (Å²) in [5.74, 6) is 0.598. The smallest absolute Gasteiger partial charge is 0.251 e. The Morgan fingerprint density at radius 2 is 2.40 bits per heavy atom. The van der Waals surface area contributed by atoms with Gasteiger partial charge in [0.1, 0.15) is 11.9 Å². The maximum Gasteiger partial charge on any atom is 0.251 e. The average Bonchev–Trinajstić information content (AvgIpc) is 3.25. The summed E-state index contributed by atoms with van der Waals surface area (Å²) in [5, 5.41) is 9.37. The lowest BCUT2D eigenvalue weighted by molar-refractivity contribution is -0.0373. The first kappa shape index (κ1) is 16.2. The second-order valence-corrected chi connectivity index (χ2v) is 7.06. The highest BCUT2D eigenvalue weighted by atomic mass is 32.1. The molecule has 3 aromatic rings. The highest BCUT2D eigenvalue weighted by Gasteiger charge is 2.25. The largest absolute Gasteiger partial charge is 0.368 e. The number of H-pyrrole nitrogens is 2. The topological polar surface area (TPSA) is 86.9 Å². The molecule has 0 spiro atoms. The van der Waals surface area contributed by atoms with E-state index in [0.29, 0.717) is 24.7 Å². The summed E-state index contributed by atoms with van der Waals surface area (Å²) in [4.78, 5) is 22.4. The number of aryl methyl sites for hydroxylation is 1. The Kier molecular flexibility index (Phi) is 4.48. The second kappa shape index (κ2) is 6.91. The Balaban J connectivity index is 1.51. The lowest BCUT2D eigenvalue weighted by Gasteiger charge is -2.32. The normalized spacial score (nSPS) is 18.5. The van der Waals surface area contributed by atoms with Gasteiger partial charge in [0.05, 0.1) is 23.4 Å². The molecule has 1 fully saturated rings. The monoisotopic (exact) mass is 357 g/mol. The molecule has 0 bridgehead atoms. The van der Waals surface area contributed by atoms with Gasteiger partial charge in [-0.25, -0.2) is 4.98 Å². The molecule has 0 saturated carbocycles. The highest BCUT2D eigenvalue weighted by Crippen LogP contribution is 2.28. The van der Waals surface area contributed by atoms with E-state index in [4.69, 9.17) is 4.74 Å². The average molecular weight is 357 g/mol. The molecule has 1 saturated heterocycles. The van der Waals surface area contributed by atoms with Crippen LogP contribution in [0.15, 0.2) is 34.6 Å². The molecule has 0 aliphatic carbocycles. The Labute approximate surface area is 148 Å². The van der Waals surface area contributed by atoms with Crippen LogP contribution in [-0.4, -0.2) is 44.8 Å². The lowest BCUT2D eigenvalue weighted by Crippen LogP contribution is -2.39. The molecule has 0 radical (unpaired) electrons. The molecule has 0 aromatic carbocycles. The minimum Gasteiger partial charge on any atom is -0.368 e. The molecule has 2 N–H and O–H groups in total. The Morgan fingerprint density at radius 3 is 3.20 bits per heavy atom. The van der Waals surface area contributed by atoms with Crippen LogP contribution in [0, 0.1) is 6.92 Å². The Morgan fingerprint density at radius 1 is 1.48 bits per heavy atom. The van der Waals surface area contributed by atoms with E-state index in [1.54, 1.807) is 11.3 Å². The Bertz CT molecular complexity index is 902. The van der Waals surface area contributed by atoms with Gasteiger partial charge >= 0.3 is 0 Å². The van der Waals surface area contributed by atoms with E-state index in [2.05, 4.69) is 36.5 Å². The first-order valence-electron chi connectivity index (χ1n) is 8.17. The summed E-state index contributed by atoms with van der Waals surface area (Å²) < 4.78 is 5.83. The minimum absolute atomic E-state index is 0.141. The van der Waals surface area contributed by atoms with Crippen LogP contribution in [0.1, 0.15) is 23.2 Å². The fraction of sp³-hybridized carbons (Fsp3) is 0.353. The van der Waals surface area contributed by atoms with Crippen LogP contribution in [0.4, 0.5) is 0 Å². The van der Waals surface area contributed by atoms with Crippen molar-refractivity contribution in [3.8, 4) is 10.6 Å². The van der Waals surface area contributed by atoms with E-state index in [9.17, 15) is 4.79 Å². The van der Waals surface area contributed by atoms with Gasteiger partial charge in [-0.1, -0.05) is 6.07 Å². The van der Waals surface area contributed by atoms with Crippen molar-refractivity contribution in [3.05, 3.63) is 57.2 Å². The van der Waals surface area contributed by atoms with Gasteiger partial charge in [0.15, 0.2) is 0 Å². The maximum atomic E-state index is 11.7. The molecule has 0 amide bonds. The number of morpholine rings is 1. The van der Waals surface area contributed by atoms with Gasteiger partial charge in [0.2, 0.25) is 0 Å². The fourth-order valence-electron chi connectivity index (χ4n) is 3.07. The van der Waals surface area contributed by atoms with Crippen LogP contribution in [0.25, 0.3) is 10.6 Å². The molecule has 7 nitrogen and oxygen atoms in total. The van der Waals surface area contributed by atoms with Crippen molar-refractivity contribution < 1.29 is 4.74 Å². The number of nitrogens with one attached hydrogen (secondary N) is 2. The fourth-order valence-corrected chi connectivity index (χ4v) is 3.83. The van der Waals surface area contributed by atoms with E-state index >= 15 is 0 Å². The van der Waals surface area contributed by atoms with Gasteiger partial charge < -0.3 is 9.72 Å². The third-order valence-electron chi connectivity index (χ3n) is 4.22. The van der Waals surface area contributed by atoms with Gasteiger partial charge in [-0.2, -0.15) is 5.10 Å². The molecule has 4 heterocycles. The SMILES string of the molecule is Cc1cc(=O)[nH]c([C@@H]2CN(Cc3cn[nH]c3-c3cccs3)CCO2)n1.